The zero-order valence-corrected chi connectivity index (χ0v) is 23.6. The van der Waals surface area contributed by atoms with E-state index in [-0.39, 0.29) is 64.8 Å². The Bertz CT molecular complexity index is 1040. The van der Waals surface area contributed by atoms with Crippen molar-refractivity contribution in [2.45, 2.75) is 84.3 Å². The second-order valence-electron chi connectivity index (χ2n) is 11.4. The summed E-state index contributed by atoms with van der Waals surface area (Å²) < 4.78 is 31.4. The van der Waals surface area contributed by atoms with Crippen molar-refractivity contribution in [2.24, 2.45) is 29.6 Å². The fourth-order valence-corrected chi connectivity index (χ4v) is 6.47. The van der Waals surface area contributed by atoms with E-state index in [1.807, 2.05) is 0 Å². The third-order valence-electron chi connectivity index (χ3n) is 8.92. The normalized spacial score (nSPS) is 28.4. The van der Waals surface area contributed by atoms with Crippen molar-refractivity contribution in [3.05, 3.63) is 23.5 Å². The van der Waals surface area contributed by atoms with Crippen molar-refractivity contribution in [3.8, 4) is 11.5 Å². The number of halogens is 1. The first-order valence-corrected chi connectivity index (χ1v) is 14.5. The van der Waals surface area contributed by atoms with Gasteiger partial charge in [-0.15, -0.1) is 0 Å². The summed E-state index contributed by atoms with van der Waals surface area (Å²) in [6, 6.07) is 2.29. The Balaban J connectivity index is 1.44. The number of ether oxygens (including phenoxy) is 3. The molecule has 8 nitrogen and oxygen atoms in total. The van der Waals surface area contributed by atoms with Crippen LogP contribution in [0.1, 0.15) is 82.5 Å². The molecule has 3 aliphatic rings. The van der Waals surface area contributed by atoms with Gasteiger partial charge in [0.1, 0.15) is 5.75 Å². The monoisotopic (exact) mass is 546 g/mol. The van der Waals surface area contributed by atoms with E-state index in [0.29, 0.717) is 44.8 Å². The van der Waals surface area contributed by atoms with Crippen molar-refractivity contribution >= 4 is 17.8 Å². The van der Waals surface area contributed by atoms with Crippen LogP contribution in [-0.4, -0.2) is 50.2 Å². The van der Waals surface area contributed by atoms with Gasteiger partial charge in [0, 0.05) is 18.7 Å². The van der Waals surface area contributed by atoms with Gasteiger partial charge in [0.2, 0.25) is 5.91 Å². The predicted octanol–water partition coefficient (Wildman–Crippen LogP) is 4.64. The minimum atomic E-state index is -0.613. The summed E-state index contributed by atoms with van der Waals surface area (Å²) in [5.74, 6) is -0.649. The van der Waals surface area contributed by atoms with Crippen LogP contribution in [0.25, 0.3) is 0 Å². The van der Waals surface area contributed by atoms with E-state index in [1.165, 1.54) is 19.2 Å². The maximum atomic E-state index is 15.0. The van der Waals surface area contributed by atoms with Crippen LogP contribution in [0.4, 0.5) is 4.39 Å². The first-order valence-electron chi connectivity index (χ1n) is 14.5. The molecule has 0 aromatic heterocycles. The second kappa shape index (κ2) is 13.0. The number of methoxy groups -OCH3 is 1. The number of carbonyl (C=O) groups excluding carboxylic acids is 3. The van der Waals surface area contributed by atoms with Crippen molar-refractivity contribution in [3.63, 3.8) is 0 Å². The quantitative estimate of drug-likeness (QED) is 0.392. The number of benzene rings is 1. The van der Waals surface area contributed by atoms with E-state index in [1.54, 1.807) is 6.92 Å². The number of rotatable bonds is 11. The van der Waals surface area contributed by atoms with Gasteiger partial charge in [-0.3, -0.25) is 14.4 Å². The number of amides is 2. The number of esters is 1. The molecule has 5 atom stereocenters. The molecule has 1 aromatic carbocycles. The molecule has 3 saturated carbocycles. The van der Waals surface area contributed by atoms with Crippen LogP contribution in [0.3, 0.4) is 0 Å². The summed E-state index contributed by atoms with van der Waals surface area (Å²) in [5, 5.41) is 6.20. The van der Waals surface area contributed by atoms with Crippen molar-refractivity contribution in [1.29, 1.82) is 0 Å². The van der Waals surface area contributed by atoms with Crippen LogP contribution >= 0.6 is 0 Å². The van der Waals surface area contributed by atoms with Crippen LogP contribution in [0.5, 0.6) is 11.5 Å². The minimum absolute atomic E-state index is 0.00122. The Morgan fingerprint density at radius 2 is 1.74 bits per heavy atom. The van der Waals surface area contributed by atoms with Gasteiger partial charge in [0.15, 0.2) is 11.6 Å². The Kier molecular flexibility index (Phi) is 9.72. The molecule has 0 aliphatic heterocycles. The highest BCUT2D eigenvalue weighted by atomic mass is 19.1. The van der Waals surface area contributed by atoms with Crippen LogP contribution in [0.15, 0.2) is 12.1 Å². The number of hydrogen-bond donors (Lipinski definition) is 2. The smallest absolute Gasteiger partial charge is 0.308 e. The molecule has 2 N–H and O–H groups in total. The van der Waals surface area contributed by atoms with Gasteiger partial charge in [-0.2, -0.15) is 0 Å². The highest BCUT2D eigenvalue weighted by Crippen LogP contribution is 2.49. The van der Waals surface area contributed by atoms with Crippen molar-refractivity contribution < 1.29 is 33.0 Å². The van der Waals surface area contributed by atoms with E-state index in [2.05, 4.69) is 24.5 Å². The molecule has 1 aromatic rings. The first-order chi connectivity index (χ1) is 18.7. The average Bonchev–Trinajstić information content (AvgIpc) is 3.55. The molecule has 0 heterocycles. The van der Waals surface area contributed by atoms with E-state index in [9.17, 15) is 18.8 Å². The fourth-order valence-electron chi connectivity index (χ4n) is 6.47. The molecule has 39 heavy (non-hydrogen) atoms. The molecule has 0 radical (unpaired) electrons. The molecule has 4 rings (SSSR count). The summed E-state index contributed by atoms with van der Waals surface area (Å²) in [6.07, 6.45) is 6.03. The fraction of sp³-hybridized carbons (Fsp3) is 0.700. The Labute approximate surface area is 230 Å². The summed E-state index contributed by atoms with van der Waals surface area (Å²) in [6.45, 7) is 6.96. The van der Waals surface area contributed by atoms with Gasteiger partial charge in [-0.1, -0.05) is 20.3 Å². The largest absolute Gasteiger partial charge is 0.496 e. The summed E-state index contributed by atoms with van der Waals surface area (Å²) in [7, 11) is 1.39. The topological polar surface area (TPSA) is 103 Å². The van der Waals surface area contributed by atoms with Crippen LogP contribution in [0.2, 0.25) is 0 Å². The molecule has 0 spiro atoms. The van der Waals surface area contributed by atoms with Gasteiger partial charge < -0.3 is 24.8 Å². The molecule has 0 unspecified atom stereocenters. The molecule has 216 valence electrons. The molecular weight excluding hydrogens is 503 g/mol. The molecule has 2 amide bonds. The second-order valence-corrected chi connectivity index (χ2v) is 11.4. The van der Waals surface area contributed by atoms with E-state index < -0.39 is 11.7 Å². The summed E-state index contributed by atoms with van der Waals surface area (Å²) in [4.78, 5) is 38.7. The predicted molar refractivity (Wildman–Crippen MR) is 144 cm³/mol. The molecular formula is C30H43FN2O6. The molecule has 9 heteroatoms. The van der Waals surface area contributed by atoms with Gasteiger partial charge >= 0.3 is 5.97 Å². The maximum absolute atomic E-state index is 15.0. The van der Waals surface area contributed by atoms with Crippen LogP contribution < -0.4 is 20.1 Å². The highest BCUT2D eigenvalue weighted by molar-refractivity contribution is 5.98. The van der Waals surface area contributed by atoms with Crippen molar-refractivity contribution in [2.75, 3.05) is 20.3 Å². The van der Waals surface area contributed by atoms with Crippen molar-refractivity contribution in [1.82, 2.24) is 10.6 Å². The average molecular weight is 547 g/mol. The maximum Gasteiger partial charge on any atom is 0.308 e. The molecule has 0 saturated heterocycles. The third-order valence-corrected chi connectivity index (χ3v) is 8.92. The lowest BCUT2D eigenvalue weighted by atomic mass is 9.83. The van der Waals surface area contributed by atoms with E-state index in [4.69, 9.17) is 14.2 Å². The Morgan fingerprint density at radius 3 is 2.41 bits per heavy atom. The first kappa shape index (κ1) is 29.2. The standard InChI is InChI=1S/C30H43FN2O6/c1-5-17(3)16-32-29(35)26-19-7-8-20(13-19)27(26)33-28(34)22-14-25(23(31)15-24(22)37-4)39-21-11-9-18(10-12-21)30(36)38-6-2/h14-15,17-21,26-27H,5-13,16H2,1-4H3,(H,32,35)(H,33,34)/t17-,18-,19+,20+,21+,26+,27-/m1/s1. The lowest BCUT2D eigenvalue weighted by molar-refractivity contribution is -0.149. The Hall–Kier alpha value is -2.84. The highest BCUT2D eigenvalue weighted by Gasteiger charge is 2.51. The molecule has 2 bridgehead atoms. The SMILES string of the molecule is CCOC(=O)[C@H]1CC[C@@H](Oc2cc(C(=O)N[C@@H]3[C@H]4CC[C@@H](C4)[C@@H]3C(=O)NC[C@H](C)CC)c(OC)cc2F)CC1. The van der Waals surface area contributed by atoms with E-state index in [0.717, 1.165) is 25.7 Å². The number of nitrogens with one attached hydrogen (secondary N) is 2. The number of carbonyl (C=O) groups is 3. The number of hydrogen-bond acceptors (Lipinski definition) is 6. The summed E-state index contributed by atoms with van der Waals surface area (Å²) >= 11 is 0. The van der Waals surface area contributed by atoms with Gasteiger partial charge in [-0.25, -0.2) is 4.39 Å². The zero-order chi connectivity index (χ0) is 28.1. The van der Waals surface area contributed by atoms with E-state index >= 15 is 0 Å². The molecule has 3 fully saturated rings. The van der Waals surface area contributed by atoms with Crippen LogP contribution in [0, 0.1) is 35.4 Å². The lowest BCUT2D eigenvalue weighted by Crippen LogP contribution is -2.50. The van der Waals surface area contributed by atoms with Crippen LogP contribution in [-0.2, 0) is 14.3 Å². The third kappa shape index (κ3) is 6.67. The van der Waals surface area contributed by atoms with Gasteiger partial charge in [0.25, 0.3) is 5.91 Å². The van der Waals surface area contributed by atoms with Gasteiger partial charge in [-0.05, 0) is 75.7 Å². The zero-order valence-electron chi connectivity index (χ0n) is 23.6. The summed E-state index contributed by atoms with van der Waals surface area (Å²) in [5.41, 5.74) is 0.177. The Morgan fingerprint density at radius 1 is 1.03 bits per heavy atom. The van der Waals surface area contributed by atoms with Gasteiger partial charge in [0.05, 0.1) is 37.2 Å². The minimum Gasteiger partial charge on any atom is -0.496 e. The lowest BCUT2D eigenvalue weighted by Gasteiger charge is -2.31. The molecule has 3 aliphatic carbocycles. The number of fused-ring (bicyclic) bond motifs is 2.